The van der Waals surface area contributed by atoms with E-state index in [9.17, 15) is 19.2 Å². The quantitative estimate of drug-likeness (QED) is 0.514. The highest BCUT2D eigenvalue weighted by Gasteiger charge is 2.29. The van der Waals surface area contributed by atoms with Crippen molar-refractivity contribution in [3.8, 4) is 5.75 Å². The first kappa shape index (κ1) is 25.2. The number of para-hydroxylation sites is 1. The van der Waals surface area contributed by atoms with Gasteiger partial charge in [-0.2, -0.15) is 0 Å². The van der Waals surface area contributed by atoms with Crippen molar-refractivity contribution in [2.45, 2.75) is 56.7 Å². The molecule has 1 aliphatic carbocycles. The van der Waals surface area contributed by atoms with E-state index in [1.807, 2.05) is 30.3 Å². The van der Waals surface area contributed by atoms with Crippen molar-refractivity contribution in [3.05, 3.63) is 65.7 Å². The molecule has 2 aliphatic rings. The molecule has 4 rings (SSSR count). The van der Waals surface area contributed by atoms with Crippen LogP contribution in [0.2, 0.25) is 0 Å². The van der Waals surface area contributed by atoms with Gasteiger partial charge in [0.25, 0.3) is 5.91 Å². The molecule has 190 valence electrons. The lowest BCUT2D eigenvalue weighted by atomic mass is 9.92. The summed E-state index contributed by atoms with van der Waals surface area (Å²) in [5.74, 6) is -1.11. The van der Waals surface area contributed by atoms with E-state index in [-0.39, 0.29) is 55.3 Å². The van der Waals surface area contributed by atoms with Gasteiger partial charge in [-0.05, 0) is 43.4 Å². The lowest BCUT2D eigenvalue weighted by Gasteiger charge is -2.29. The van der Waals surface area contributed by atoms with Crippen LogP contribution >= 0.6 is 0 Å². The van der Waals surface area contributed by atoms with Crippen molar-refractivity contribution in [2.24, 2.45) is 0 Å². The zero-order valence-electron chi connectivity index (χ0n) is 20.1. The van der Waals surface area contributed by atoms with Crippen LogP contribution < -0.4 is 26.0 Å². The molecule has 1 heterocycles. The Morgan fingerprint density at radius 2 is 1.69 bits per heavy atom. The van der Waals surface area contributed by atoms with E-state index in [0.717, 1.165) is 24.8 Å². The number of hydrogen-bond acceptors (Lipinski definition) is 5. The van der Waals surface area contributed by atoms with Crippen molar-refractivity contribution in [3.63, 3.8) is 0 Å². The minimum Gasteiger partial charge on any atom is -0.491 e. The van der Waals surface area contributed by atoms with Crippen molar-refractivity contribution in [1.82, 2.24) is 21.3 Å². The predicted molar refractivity (Wildman–Crippen MR) is 133 cm³/mol. The number of benzene rings is 2. The molecule has 0 bridgehead atoms. The number of amides is 4. The van der Waals surface area contributed by atoms with Gasteiger partial charge in [0.15, 0.2) is 0 Å². The van der Waals surface area contributed by atoms with Gasteiger partial charge in [-0.15, -0.1) is 0 Å². The molecule has 9 nitrogen and oxygen atoms in total. The molecule has 1 fully saturated rings. The van der Waals surface area contributed by atoms with Crippen LogP contribution in [0.25, 0.3) is 0 Å². The molecule has 4 N–H and O–H groups in total. The second-order valence-corrected chi connectivity index (χ2v) is 9.15. The van der Waals surface area contributed by atoms with Crippen LogP contribution in [0.3, 0.4) is 0 Å². The second-order valence-electron chi connectivity index (χ2n) is 9.15. The molecule has 0 saturated heterocycles. The molecule has 9 heteroatoms. The summed E-state index contributed by atoms with van der Waals surface area (Å²) in [6.45, 7) is 0.329. The third-order valence-corrected chi connectivity index (χ3v) is 6.46. The molecule has 4 amide bonds. The van der Waals surface area contributed by atoms with Gasteiger partial charge in [0.2, 0.25) is 17.7 Å². The number of carbonyl (C=O) groups excluding carboxylic acids is 4. The van der Waals surface area contributed by atoms with E-state index in [1.54, 1.807) is 24.3 Å². The molecule has 0 spiro atoms. The Kier molecular flexibility index (Phi) is 8.54. The summed E-state index contributed by atoms with van der Waals surface area (Å²) in [6, 6.07) is 14.6. The highest BCUT2D eigenvalue weighted by atomic mass is 16.5. The molecule has 0 unspecified atom stereocenters. The normalized spacial score (nSPS) is 21.7. The number of carbonyl (C=O) groups is 4. The van der Waals surface area contributed by atoms with E-state index < -0.39 is 18.0 Å². The minimum absolute atomic E-state index is 0.0280. The number of nitrogens with one attached hydrogen (secondary N) is 4. The van der Waals surface area contributed by atoms with Gasteiger partial charge in [-0.25, -0.2) is 0 Å². The Morgan fingerprint density at radius 3 is 2.44 bits per heavy atom. The SMILES string of the molecule is O=C1CC[C@@H](C(=O)NC2CCC2)NC(=O)c2ccccc2OCCNC(=O)[C@H](Cc2ccccc2)N1. The van der Waals surface area contributed by atoms with Crippen LogP contribution in [0.1, 0.15) is 48.0 Å². The average Bonchev–Trinajstić information content (AvgIpc) is 2.86. The van der Waals surface area contributed by atoms with Gasteiger partial charge in [0.05, 0.1) is 12.1 Å². The summed E-state index contributed by atoms with van der Waals surface area (Å²) < 4.78 is 5.78. The Bertz CT molecular complexity index is 1090. The van der Waals surface area contributed by atoms with E-state index >= 15 is 0 Å². The molecule has 1 aliphatic heterocycles. The minimum atomic E-state index is -0.900. The van der Waals surface area contributed by atoms with Crippen LogP contribution in [0.4, 0.5) is 0 Å². The molecule has 36 heavy (non-hydrogen) atoms. The number of fused-ring (bicyclic) bond motifs is 1. The predicted octanol–water partition coefficient (Wildman–Crippen LogP) is 1.47. The summed E-state index contributed by atoms with van der Waals surface area (Å²) in [4.78, 5) is 51.8. The fourth-order valence-electron chi connectivity index (χ4n) is 4.20. The fourth-order valence-corrected chi connectivity index (χ4v) is 4.20. The molecule has 2 aromatic rings. The van der Waals surface area contributed by atoms with Gasteiger partial charge >= 0.3 is 0 Å². The van der Waals surface area contributed by atoms with Crippen LogP contribution in [0.15, 0.2) is 54.6 Å². The van der Waals surface area contributed by atoms with Crippen LogP contribution in [-0.4, -0.2) is 54.9 Å². The van der Waals surface area contributed by atoms with Crippen LogP contribution in [-0.2, 0) is 20.8 Å². The van der Waals surface area contributed by atoms with Crippen molar-refractivity contribution < 1.29 is 23.9 Å². The molecule has 2 aromatic carbocycles. The summed E-state index contributed by atoms with van der Waals surface area (Å²) in [6.07, 6.45) is 3.25. The van der Waals surface area contributed by atoms with E-state index in [2.05, 4.69) is 21.3 Å². The van der Waals surface area contributed by atoms with E-state index in [1.165, 1.54) is 0 Å². The highest BCUT2D eigenvalue weighted by molar-refractivity contribution is 6.00. The topological polar surface area (TPSA) is 126 Å². The first-order chi connectivity index (χ1) is 17.5. The second kappa shape index (κ2) is 12.2. The van der Waals surface area contributed by atoms with Gasteiger partial charge in [0, 0.05) is 18.9 Å². The molecule has 1 saturated carbocycles. The summed E-state index contributed by atoms with van der Waals surface area (Å²) >= 11 is 0. The average molecular weight is 493 g/mol. The Labute approximate surface area is 210 Å². The van der Waals surface area contributed by atoms with Crippen LogP contribution in [0, 0.1) is 0 Å². The fraction of sp³-hybridized carbons (Fsp3) is 0.407. The number of ether oxygens (including phenoxy) is 1. The third-order valence-electron chi connectivity index (χ3n) is 6.46. The molecule has 2 atom stereocenters. The van der Waals surface area contributed by atoms with Gasteiger partial charge < -0.3 is 26.0 Å². The molecule has 0 radical (unpaired) electrons. The van der Waals surface area contributed by atoms with Gasteiger partial charge in [0.1, 0.15) is 24.4 Å². The van der Waals surface area contributed by atoms with Crippen molar-refractivity contribution in [2.75, 3.05) is 13.2 Å². The van der Waals surface area contributed by atoms with E-state index in [4.69, 9.17) is 4.74 Å². The standard InChI is InChI=1S/C27H32N4O5/c32-24-14-13-21(27(35)29-19-9-6-10-19)31-25(33)20-11-4-5-12-23(20)36-16-15-28-26(34)22(30-24)17-18-7-2-1-3-8-18/h1-5,7-8,11-12,19,21-22H,6,9-10,13-17H2,(H,28,34)(H,29,35)(H,30,32)(H,31,33)/t21-,22-/m0/s1. The van der Waals surface area contributed by atoms with Crippen molar-refractivity contribution >= 4 is 23.6 Å². The maximum atomic E-state index is 13.1. The van der Waals surface area contributed by atoms with Gasteiger partial charge in [-0.3, -0.25) is 19.2 Å². The molecule has 0 aromatic heterocycles. The molecular weight excluding hydrogens is 460 g/mol. The Hall–Kier alpha value is -3.88. The summed E-state index contributed by atoms with van der Waals surface area (Å²) in [7, 11) is 0. The lowest BCUT2D eigenvalue weighted by Crippen LogP contribution is -2.52. The Morgan fingerprint density at radius 1 is 0.944 bits per heavy atom. The summed E-state index contributed by atoms with van der Waals surface area (Å²) in [5.41, 5.74) is 1.19. The lowest BCUT2D eigenvalue weighted by molar-refractivity contribution is -0.129. The maximum Gasteiger partial charge on any atom is 0.255 e. The first-order valence-electron chi connectivity index (χ1n) is 12.4. The molecular formula is C27H32N4O5. The van der Waals surface area contributed by atoms with Gasteiger partial charge in [-0.1, -0.05) is 42.5 Å². The summed E-state index contributed by atoms with van der Waals surface area (Å²) in [5, 5.41) is 11.3. The Balaban J connectivity index is 1.54. The zero-order valence-corrected chi connectivity index (χ0v) is 20.1. The highest BCUT2D eigenvalue weighted by Crippen LogP contribution is 2.20. The monoisotopic (exact) mass is 492 g/mol. The maximum absolute atomic E-state index is 13.1. The zero-order chi connectivity index (χ0) is 25.3. The van der Waals surface area contributed by atoms with Crippen molar-refractivity contribution in [1.29, 1.82) is 0 Å². The first-order valence-corrected chi connectivity index (χ1v) is 12.4. The van der Waals surface area contributed by atoms with E-state index in [0.29, 0.717) is 12.2 Å². The smallest absolute Gasteiger partial charge is 0.255 e. The van der Waals surface area contributed by atoms with Crippen LogP contribution in [0.5, 0.6) is 5.75 Å². The third kappa shape index (κ3) is 6.84. The number of rotatable bonds is 4. The number of hydrogen-bond donors (Lipinski definition) is 4. The largest absolute Gasteiger partial charge is 0.491 e.